The van der Waals surface area contributed by atoms with Crippen LogP contribution in [0.5, 0.6) is 0 Å². The maximum absolute atomic E-state index is 11.8. The van der Waals surface area contributed by atoms with Crippen LogP contribution in [0.2, 0.25) is 0 Å². The second-order valence-corrected chi connectivity index (χ2v) is 4.68. The summed E-state index contributed by atoms with van der Waals surface area (Å²) in [4.78, 5) is 22.8. The molecule has 0 aliphatic rings. The molecule has 0 aliphatic heterocycles. The number of carboxylic acids is 1. The Kier molecular flexibility index (Phi) is 3.60. The molecule has 0 saturated carbocycles. The predicted molar refractivity (Wildman–Crippen MR) is 72.7 cm³/mol. The van der Waals surface area contributed by atoms with Crippen LogP contribution in [-0.2, 0) is 0 Å². The molecule has 3 N–H and O–H groups in total. The minimum absolute atomic E-state index is 0.0544. The van der Waals surface area contributed by atoms with Gasteiger partial charge in [0.25, 0.3) is 5.91 Å². The molecule has 0 saturated heterocycles. The molecule has 1 aromatic carbocycles. The first-order valence-electron chi connectivity index (χ1n) is 4.91. The van der Waals surface area contributed by atoms with Crippen LogP contribution < -0.4 is 5.32 Å². The number of carbonyl (C=O) groups excluding carboxylic acids is 1. The number of halogens is 1. The molecule has 0 aliphatic carbocycles. The van der Waals surface area contributed by atoms with Crippen molar-refractivity contribution in [3.8, 4) is 0 Å². The van der Waals surface area contributed by atoms with Gasteiger partial charge in [-0.1, -0.05) is 0 Å². The van der Waals surface area contributed by atoms with E-state index in [1.165, 1.54) is 18.5 Å². The lowest BCUT2D eigenvalue weighted by molar-refractivity contribution is 0.0698. The summed E-state index contributed by atoms with van der Waals surface area (Å²) in [5, 5.41) is 17.8. The molecule has 0 bridgehead atoms. The number of nitrogens with one attached hydrogen (secondary N) is 2. The Hall–Kier alpha value is -1.90. The molecule has 0 fully saturated rings. The molecule has 1 aromatic heterocycles. The van der Waals surface area contributed by atoms with Crippen LogP contribution in [0.25, 0.3) is 0 Å². The average molecular weight is 357 g/mol. The number of carboxylic acid groups (broad SMARTS) is 1. The maximum atomic E-state index is 11.8. The van der Waals surface area contributed by atoms with E-state index in [0.717, 1.165) is 3.57 Å². The molecule has 18 heavy (non-hydrogen) atoms. The van der Waals surface area contributed by atoms with Crippen LogP contribution in [0.1, 0.15) is 20.7 Å². The van der Waals surface area contributed by atoms with Crippen molar-refractivity contribution in [1.29, 1.82) is 0 Å². The SMILES string of the molecule is O=C(Nc1ccc(I)cc1C(=O)O)c1cn[nH]c1. The van der Waals surface area contributed by atoms with Crippen molar-refractivity contribution in [2.24, 2.45) is 0 Å². The third-order valence-corrected chi connectivity index (χ3v) is 2.89. The summed E-state index contributed by atoms with van der Waals surface area (Å²) < 4.78 is 0.784. The monoisotopic (exact) mass is 357 g/mol. The van der Waals surface area contributed by atoms with Crippen molar-refractivity contribution in [2.45, 2.75) is 0 Å². The Morgan fingerprint density at radius 3 is 2.78 bits per heavy atom. The Bertz CT molecular complexity index is 596. The van der Waals surface area contributed by atoms with Crippen LogP contribution in [0.3, 0.4) is 0 Å². The Morgan fingerprint density at radius 1 is 1.39 bits per heavy atom. The first-order chi connectivity index (χ1) is 8.58. The Morgan fingerprint density at radius 2 is 2.17 bits per heavy atom. The number of hydrogen-bond donors (Lipinski definition) is 3. The van der Waals surface area contributed by atoms with Gasteiger partial charge in [0.15, 0.2) is 0 Å². The molecule has 0 spiro atoms. The van der Waals surface area contributed by atoms with Crippen LogP contribution in [0.15, 0.2) is 30.6 Å². The number of anilines is 1. The van der Waals surface area contributed by atoms with Gasteiger partial charge in [-0.05, 0) is 40.8 Å². The molecule has 7 heteroatoms. The van der Waals surface area contributed by atoms with Crippen LogP contribution in [0, 0.1) is 3.57 Å². The quantitative estimate of drug-likeness (QED) is 0.732. The van der Waals surface area contributed by atoms with E-state index in [1.807, 2.05) is 22.6 Å². The standard InChI is InChI=1S/C11H8IN3O3/c12-7-1-2-9(8(3-7)11(17)18)15-10(16)6-4-13-14-5-6/h1-5H,(H,13,14)(H,15,16)(H,17,18). The molecule has 0 radical (unpaired) electrons. The van der Waals surface area contributed by atoms with Gasteiger partial charge in [-0.15, -0.1) is 0 Å². The number of nitrogens with zero attached hydrogens (tertiary/aromatic N) is 1. The van der Waals surface area contributed by atoms with E-state index in [0.29, 0.717) is 5.56 Å². The van der Waals surface area contributed by atoms with Gasteiger partial charge in [-0.25, -0.2) is 4.79 Å². The van der Waals surface area contributed by atoms with Gasteiger partial charge in [0.05, 0.1) is 23.0 Å². The van der Waals surface area contributed by atoms with Crippen molar-refractivity contribution >= 4 is 40.2 Å². The summed E-state index contributed by atoms with van der Waals surface area (Å²) >= 11 is 2.01. The molecular weight excluding hydrogens is 349 g/mol. The highest BCUT2D eigenvalue weighted by Gasteiger charge is 2.14. The number of aromatic carboxylic acids is 1. The zero-order chi connectivity index (χ0) is 13.1. The summed E-state index contributed by atoms with van der Waals surface area (Å²) in [5.74, 6) is -1.50. The number of carbonyl (C=O) groups is 2. The highest BCUT2D eigenvalue weighted by atomic mass is 127. The van der Waals surface area contributed by atoms with Crippen molar-refractivity contribution < 1.29 is 14.7 Å². The maximum Gasteiger partial charge on any atom is 0.337 e. The molecular formula is C11H8IN3O3. The van der Waals surface area contributed by atoms with Crippen molar-refractivity contribution in [1.82, 2.24) is 10.2 Å². The first-order valence-corrected chi connectivity index (χ1v) is 5.99. The fourth-order valence-corrected chi connectivity index (χ4v) is 1.86. The van der Waals surface area contributed by atoms with Gasteiger partial charge < -0.3 is 10.4 Å². The summed E-state index contributed by atoms with van der Waals surface area (Å²) in [6.45, 7) is 0. The van der Waals surface area contributed by atoms with E-state index in [9.17, 15) is 9.59 Å². The van der Waals surface area contributed by atoms with E-state index in [1.54, 1.807) is 12.1 Å². The van der Waals surface area contributed by atoms with Gasteiger partial charge >= 0.3 is 5.97 Å². The summed E-state index contributed by atoms with van der Waals surface area (Å²) in [5.41, 5.74) is 0.651. The van der Waals surface area contributed by atoms with E-state index in [4.69, 9.17) is 5.11 Å². The zero-order valence-electron chi connectivity index (χ0n) is 8.98. The van der Waals surface area contributed by atoms with Crippen LogP contribution >= 0.6 is 22.6 Å². The fourth-order valence-electron chi connectivity index (χ4n) is 1.37. The smallest absolute Gasteiger partial charge is 0.337 e. The second-order valence-electron chi connectivity index (χ2n) is 3.44. The molecule has 92 valence electrons. The third-order valence-electron chi connectivity index (χ3n) is 2.22. The summed E-state index contributed by atoms with van der Waals surface area (Å²) in [6, 6.07) is 4.77. The largest absolute Gasteiger partial charge is 0.478 e. The molecule has 1 heterocycles. The van der Waals surface area contributed by atoms with Gasteiger partial charge in [0.1, 0.15) is 0 Å². The van der Waals surface area contributed by atoms with E-state index >= 15 is 0 Å². The second kappa shape index (κ2) is 5.17. The van der Waals surface area contributed by atoms with Gasteiger partial charge in [0, 0.05) is 9.77 Å². The summed E-state index contributed by atoms with van der Waals surface area (Å²) in [7, 11) is 0. The number of aromatic nitrogens is 2. The molecule has 0 atom stereocenters. The number of amides is 1. The summed E-state index contributed by atoms with van der Waals surface area (Å²) in [6.07, 6.45) is 2.80. The molecule has 0 unspecified atom stereocenters. The average Bonchev–Trinajstić information content (AvgIpc) is 2.84. The normalized spacial score (nSPS) is 10.1. The van der Waals surface area contributed by atoms with Gasteiger partial charge in [-0.2, -0.15) is 5.10 Å². The van der Waals surface area contributed by atoms with Crippen molar-refractivity contribution in [3.63, 3.8) is 0 Å². The molecule has 6 nitrogen and oxygen atoms in total. The first kappa shape index (κ1) is 12.6. The fraction of sp³-hybridized carbons (Fsp3) is 0. The number of rotatable bonds is 3. The van der Waals surface area contributed by atoms with Crippen molar-refractivity contribution in [2.75, 3.05) is 5.32 Å². The van der Waals surface area contributed by atoms with Crippen LogP contribution in [-0.4, -0.2) is 27.2 Å². The number of benzene rings is 1. The lowest BCUT2D eigenvalue weighted by Gasteiger charge is -2.07. The lowest BCUT2D eigenvalue weighted by Crippen LogP contribution is -2.14. The van der Waals surface area contributed by atoms with Crippen LogP contribution in [0.4, 0.5) is 5.69 Å². The number of H-pyrrole nitrogens is 1. The van der Waals surface area contributed by atoms with E-state index in [2.05, 4.69) is 15.5 Å². The van der Waals surface area contributed by atoms with E-state index in [-0.39, 0.29) is 11.3 Å². The Labute approximate surface area is 116 Å². The number of hydrogen-bond acceptors (Lipinski definition) is 3. The number of aromatic amines is 1. The van der Waals surface area contributed by atoms with Gasteiger partial charge in [0.2, 0.25) is 0 Å². The Balaban J connectivity index is 2.29. The minimum Gasteiger partial charge on any atom is -0.478 e. The molecule has 2 rings (SSSR count). The molecule has 1 amide bonds. The zero-order valence-corrected chi connectivity index (χ0v) is 11.1. The third kappa shape index (κ3) is 2.67. The van der Waals surface area contributed by atoms with Crippen molar-refractivity contribution in [3.05, 3.63) is 45.3 Å². The van der Waals surface area contributed by atoms with E-state index < -0.39 is 11.9 Å². The lowest BCUT2D eigenvalue weighted by atomic mass is 10.1. The minimum atomic E-state index is -1.09. The van der Waals surface area contributed by atoms with Gasteiger partial charge in [-0.3, -0.25) is 9.89 Å². The highest BCUT2D eigenvalue weighted by molar-refractivity contribution is 14.1. The molecule has 2 aromatic rings. The topological polar surface area (TPSA) is 95.1 Å². The highest BCUT2D eigenvalue weighted by Crippen LogP contribution is 2.19. The predicted octanol–water partition coefficient (Wildman–Crippen LogP) is 1.96.